The Labute approximate surface area is 230 Å². The first-order chi connectivity index (χ1) is 18.2. The van der Waals surface area contributed by atoms with Crippen molar-refractivity contribution in [2.45, 2.75) is 66.1 Å². The highest BCUT2D eigenvalue weighted by molar-refractivity contribution is 8.14. The van der Waals surface area contributed by atoms with Crippen LogP contribution in [0.4, 0.5) is 10.5 Å². The van der Waals surface area contributed by atoms with Crippen LogP contribution in [0.5, 0.6) is 11.5 Å². The highest BCUT2D eigenvalue weighted by atomic mass is 32.2. The van der Waals surface area contributed by atoms with Gasteiger partial charge in [-0.3, -0.25) is 14.5 Å². The Morgan fingerprint density at radius 1 is 1.11 bits per heavy atom. The molecule has 2 amide bonds. The van der Waals surface area contributed by atoms with Crippen molar-refractivity contribution in [1.29, 1.82) is 0 Å². The summed E-state index contributed by atoms with van der Waals surface area (Å²) in [5.74, 6) is 1.82. The van der Waals surface area contributed by atoms with E-state index in [9.17, 15) is 9.59 Å². The predicted molar refractivity (Wildman–Crippen MR) is 155 cm³/mol. The molecule has 1 N–H and O–H groups in total. The monoisotopic (exact) mass is 540 g/mol. The van der Waals surface area contributed by atoms with E-state index >= 15 is 0 Å². The molecule has 0 saturated carbocycles. The lowest BCUT2D eigenvalue weighted by atomic mass is 10.1. The summed E-state index contributed by atoms with van der Waals surface area (Å²) in [5.41, 5.74) is 3.36. The molecule has 2 aromatic carbocycles. The Morgan fingerprint density at radius 3 is 2.45 bits per heavy atom. The van der Waals surface area contributed by atoms with Crippen LogP contribution in [-0.4, -0.2) is 64.9 Å². The number of methoxy groups -OCH3 is 1. The number of thioether (sulfide) groups is 1. The molecule has 1 aliphatic rings. The third kappa shape index (κ3) is 8.23. The van der Waals surface area contributed by atoms with Gasteiger partial charge in [-0.2, -0.15) is 5.10 Å². The second-order valence-corrected chi connectivity index (χ2v) is 10.7. The van der Waals surface area contributed by atoms with E-state index in [4.69, 9.17) is 9.47 Å². The number of carbonyl (C=O) groups excluding carboxylic acids is 2. The van der Waals surface area contributed by atoms with Gasteiger partial charge < -0.3 is 14.8 Å². The highest BCUT2D eigenvalue weighted by Gasteiger charge is 2.23. The maximum absolute atomic E-state index is 12.6. The van der Waals surface area contributed by atoms with Gasteiger partial charge in [0.05, 0.1) is 26.0 Å². The van der Waals surface area contributed by atoms with Crippen molar-refractivity contribution in [2.75, 3.05) is 31.3 Å². The fourth-order valence-corrected chi connectivity index (χ4v) is 5.01. The van der Waals surface area contributed by atoms with E-state index in [2.05, 4.69) is 49.9 Å². The molecule has 1 aliphatic heterocycles. The van der Waals surface area contributed by atoms with Crippen molar-refractivity contribution >= 4 is 34.3 Å². The Balaban J connectivity index is 1.64. The maximum atomic E-state index is 12.6. The maximum Gasteiger partial charge on any atom is 0.302 e. The average molecular weight is 541 g/mol. The van der Waals surface area contributed by atoms with Crippen molar-refractivity contribution in [1.82, 2.24) is 9.91 Å². The summed E-state index contributed by atoms with van der Waals surface area (Å²) in [6.45, 7) is 12.3. The number of anilines is 1. The Bertz CT molecular complexity index is 1110. The van der Waals surface area contributed by atoms with Gasteiger partial charge >= 0.3 is 5.24 Å². The Kier molecular flexibility index (Phi) is 11.0. The summed E-state index contributed by atoms with van der Waals surface area (Å²) in [7, 11) is 1.62. The molecule has 9 heteroatoms. The number of ether oxygens (including phenoxy) is 2. The molecule has 0 aromatic heterocycles. The number of hydrogen-bond donors (Lipinski definition) is 1. The fraction of sp³-hybridized carbons (Fsp3) is 0.483. The van der Waals surface area contributed by atoms with E-state index in [1.54, 1.807) is 7.11 Å². The summed E-state index contributed by atoms with van der Waals surface area (Å²) >= 11 is 1.23. The number of rotatable bonds is 13. The first-order valence-electron chi connectivity index (χ1n) is 13.2. The van der Waals surface area contributed by atoms with Crippen LogP contribution < -0.4 is 14.8 Å². The average Bonchev–Trinajstić information content (AvgIpc) is 2.89. The van der Waals surface area contributed by atoms with E-state index in [0.717, 1.165) is 35.5 Å². The van der Waals surface area contributed by atoms with Gasteiger partial charge in [0.2, 0.25) is 5.91 Å². The normalized spacial score (nSPS) is 13.8. The summed E-state index contributed by atoms with van der Waals surface area (Å²) in [5, 5.41) is 9.02. The molecule has 0 fully saturated rings. The third-order valence-electron chi connectivity index (χ3n) is 6.24. The van der Waals surface area contributed by atoms with Crippen LogP contribution in [0.3, 0.4) is 0 Å². The molecule has 206 valence electrons. The first-order valence-corrected chi connectivity index (χ1v) is 14.2. The predicted octanol–water partition coefficient (Wildman–Crippen LogP) is 6.00. The standard InChI is InChI=1S/C29H40N4O4S/c1-7-16-37-27-17-23(10-13-26(27)36-6)25-19-38-29(35)33(31-25)18-22-8-11-24(12-9-22)30-28(34)14-15-32(20(2)3)21(4)5/h8-13,17,20-21H,7,14-16,18-19H2,1-6H3,(H,30,34). The highest BCUT2D eigenvalue weighted by Crippen LogP contribution is 2.30. The van der Waals surface area contributed by atoms with Crippen molar-refractivity contribution in [2.24, 2.45) is 5.10 Å². The molecule has 0 spiro atoms. The third-order valence-corrected chi connectivity index (χ3v) is 7.11. The molecule has 3 rings (SSSR count). The molecule has 0 atom stereocenters. The summed E-state index contributed by atoms with van der Waals surface area (Å²) in [6.07, 6.45) is 1.33. The molecule has 8 nitrogen and oxygen atoms in total. The number of nitrogens with one attached hydrogen (secondary N) is 1. The van der Waals surface area contributed by atoms with Gasteiger partial charge in [-0.15, -0.1) is 0 Å². The van der Waals surface area contributed by atoms with Crippen LogP contribution in [0.1, 0.15) is 58.6 Å². The second-order valence-electron chi connectivity index (χ2n) is 9.79. The molecule has 0 aliphatic carbocycles. The van der Waals surface area contributed by atoms with Gasteiger partial charge in [-0.25, -0.2) is 5.01 Å². The largest absolute Gasteiger partial charge is 0.493 e. The molecule has 1 heterocycles. The van der Waals surface area contributed by atoms with Crippen LogP contribution >= 0.6 is 11.8 Å². The zero-order chi connectivity index (χ0) is 27.7. The summed E-state index contributed by atoms with van der Waals surface area (Å²) in [6, 6.07) is 14.1. The van der Waals surface area contributed by atoms with E-state index < -0.39 is 0 Å². The van der Waals surface area contributed by atoms with Crippen LogP contribution in [0.2, 0.25) is 0 Å². The van der Waals surface area contributed by atoms with Crippen LogP contribution in [0, 0.1) is 0 Å². The smallest absolute Gasteiger partial charge is 0.302 e. The number of carbonyl (C=O) groups is 2. The molecule has 2 aromatic rings. The van der Waals surface area contributed by atoms with E-state index in [-0.39, 0.29) is 11.1 Å². The lowest BCUT2D eigenvalue weighted by Crippen LogP contribution is -2.39. The molecule has 38 heavy (non-hydrogen) atoms. The van der Waals surface area contributed by atoms with Gasteiger partial charge in [0, 0.05) is 42.1 Å². The van der Waals surface area contributed by atoms with Crippen molar-refractivity contribution < 1.29 is 19.1 Å². The number of nitrogens with zero attached hydrogens (tertiary/aromatic N) is 3. The van der Waals surface area contributed by atoms with Gasteiger partial charge in [0.15, 0.2) is 11.5 Å². The van der Waals surface area contributed by atoms with Crippen molar-refractivity contribution in [3.8, 4) is 11.5 Å². The zero-order valence-electron chi connectivity index (χ0n) is 23.3. The molecule has 0 radical (unpaired) electrons. The molecule has 0 unspecified atom stereocenters. The molecule has 0 bridgehead atoms. The van der Waals surface area contributed by atoms with Crippen LogP contribution in [-0.2, 0) is 11.3 Å². The molecular formula is C29H40N4O4S. The number of hydrazone groups is 1. The fourth-order valence-electron chi connectivity index (χ4n) is 4.28. The van der Waals surface area contributed by atoms with Crippen molar-refractivity contribution in [3.63, 3.8) is 0 Å². The quantitative estimate of drug-likeness (QED) is 0.335. The SMILES string of the molecule is CCCOc1cc(C2=NN(Cc3ccc(NC(=O)CCN(C(C)C)C(C)C)cc3)C(=O)SC2)ccc1OC. The zero-order valence-corrected chi connectivity index (χ0v) is 24.1. The Morgan fingerprint density at radius 2 is 1.82 bits per heavy atom. The van der Waals surface area contributed by atoms with Crippen LogP contribution in [0.15, 0.2) is 47.6 Å². The van der Waals surface area contributed by atoms with Crippen molar-refractivity contribution in [3.05, 3.63) is 53.6 Å². The summed E-state index contributed by atoms with van der Waals surface area (Å²) < 4.78 is 11.3. The minimum Gasteiger partial charge on any atom is -0.493 e. The number of benzene rings is 2. The van der Waals surface area contributed by atoms with E-state index in [0.29, 0.717) is 48.9 Å². The van der Waals surface area contributed by atoms with E-state index in [1.807, 2.05) is 42.5 Å². The minimum atomic E-state index is -0.0954. The van der Waals surface area contributed by atoms with E-state index in [1.165, 1.54) is 16.8 Å². The number of hydrogen-bond acceptors (Lipinski definition) is 7. The molecular weight excluding hydrogens is 500 g/mol. The topological polar surface area (TPSA) is 83.5 Å². The summed E-state index contributed by atoms with van der Waals surface area (Å²) in [4.78, 5) is 27.4. The second kappa shape index (κ2) is 14.2. The van der Waals surface area contributed by atoms with Gasteiger partial charge in [-0.1, -0.05) is 30.8 Å². The number of amides is 2. The first kappa shape index (κ1) is 29.5. The molecule has 0 saturated heterocycles. The van der Waals surface area contributed by atoms with Gasteiger partial charge in [-0.05, 0) is 70.0 Å². The van der Waals surface area contributed by atoms with Gasteiger partial charge in [0.25, 0.3) is 0 Å². The van der Waals surface area contributed by atoms with Gasteiger partial charge in [0.1, 0.15) is 0 Å². The van der Waals surface area contributed by atoms with Crippen LogP contribution in [0.25, 0.3) is 0 Å². The lowest BCUT2D eigenvalue weighted by Gasteiger charge is -2.30. The lowest BCUT2D eigenvalue weighted by molar-refractivity contribution is -0.116. The minimum absolute atomic E-state index is 0.0114. The Hall–Kier alpha value is -3.04.